The maximum absolute atomic E-state index is 11.2. The first-order valence-electron chi connectivity index (χ1n) is 6.91. The summed E-state index contributed by atoms with van der Waals surface area (Å²) in [6.07, 6.45) is 0.867. The second-order valence-corrected chi connectivity index (χ2v) is 4.82. The molecule has 0 aromatic carbocycles. The van der Waals surface area contributed by atoms with Gasteiger partial charge in [0, 0.05) is 39.0 Å². The van der Waals surface area contributed by atoms with Gasteiger partial charge in [-0.05, 0) is 6.08 Å². The smallest absolute Gasteiger partial charge is 0.303 e. The van der Waals surface area contributed by atoms with E-state index in [1.807, 2.05) is 0 Å². The molecule has 0 amide bonds. The molecule has 0 aromatic rings. The van der Waals surface area contributed by atoms with Gasteiger partial charge < -0.3 is 14.2 Å². The summed E-state index contributed by atoms with van der Waals surface area (Å²) in [5, 5.41) is 10.6. The lowest BCUT2D eigenvalue weighted by Crippen LogP contribution is -2.37. The molecule has 0 aromatic heterocycles. The molecule has 0 radical (unpaired) electrons. The lowest BCUT2D eigenvalue weighted by molar-refractivity contribution is -0.517. The number of hydrogen-bond donors (Lipinski definition) is 0. The zero-order chi connectivity index (χ0) is 18.0. The topological polar surface area (TPSA) is 122 Å². The van der Waals surface area contributed by atoms with Gasteiger partial charge in [0.1, 0.15) is 6.61 Å². The highest BCUT2D eigenvalue weighted by Crippen LogP contribution is 2.10. The molecule has 9 nitrogen and oxygen atoms in total. The Hall–Kier alpha value is -2.45. The summed E-state index contributed by atoms with van der Waals surface area (Å²) < 4.78 is 14.8. The summed E-state index contributed by atoms with van der Waals surface area (Å²) >= 11 is 0. The fourth-order valence-corrected chi connectivity index (χ4v) is 1.54. The Morgan fingerprint density at radius 3 is 2.09 bits per heavy atom. The number of nitrogens with zero attached hydrogens (tertiary/aromatic N) is 1. The van der Waals surface area contributed by atoms with Crippen molar-refractivity contribution >= 4 is 17.9 Å². The molecule has 0 heterocycles. The lowest BCUT2D eigenvalue weighted by atomic mass is 10.1. The van der Waals surface area contributed by atoms with Crippen LogP contribution in [0.5, 0.6) is 0 Å². The zero-order valence-electron chi connectivity index (χ0n) is 13.5. The summed E-state index contributed by atoms with van der Waals surface area (Å²) in [6.45, 7) is 4.62. The third-order valence-corrected chi connectivity index (χ3v) is 2.60. The van der Waals surface area contributed by atoms with Crippen molar-refractivity contribution in [3.8, 4) is 0 Å². The van der Waals surface area contributed by atoms with Gasteiger partial charge in [-0.15, -0.1) is 0 Å². The van der Waals surface area contributed by atoms with Crippen LogP contribution in [0.25, 0.3) is 0 Å². The van der Waals surface area contributed by atoms with E-state index in [-0.39, 0.29) is 13.0 Å². The van der Waals surface area contributed by atoms with Gasteiger partial charge in [0.2, 0.25) is 6.04 Å². The molecule has 0 aliphatic rings. The Bertz CT molecular complexity index is 473. The number of carbonyl (C=O) groups is 3. The number of nitro groups is 1. The van der Waals surface area contributed by atoms with Crippen LogP contribution in [-0.4, -0.2) is 47.7 Å². The Morgan fingerprint density at radius 2 is 1.65 bits per heavy atom. The van der Waals surface area contributed by atoms with Gasteiger partial charge >= 0.3 is 17.9 Å². The molecule has 0 aliphatic heterocycles. The molecule has 0 bridgehead atoms. The van der Waals surface area contributed by atoms with Crippen molar-refractivity contribution in [1.82, 2.24) is 0 Å². The standard InChI is InChI=1S/C14H21NO8/c1-9(15(19)20)6-5-7-13(22-11(3)17)14(23-12(4)18)8-21-10(2)16/h5,7,9,13-14H,6,8H2,1-4H3/b7-5+/t9?,13-,14-/m1/s1. The summed E-state index contributed by atoms with van der Waals surface area (Å²) in [6, 6.07) is -0.815. The van der Waals surface area contributed by atoms with Crippen molar-refractivity contribution in [3.63, 3.8) is 0 Å². The van der Waals surface area contributed by atoms with Gasteiger partial charge in [0.15, 0.2) is 12.2 Å². The van der Waals surface area contributed by atoms with Crippen LogP contribution in [0, 0.1) is 10.1 Å². The summed E-state index contributed by atoms with van der Waals surface area (Å²) in [4.78, 5) is 43.3. The second-order valence-electron chi connectivity index (χ2n) is 4.82. The number of esters is 3. The molecule has 130 valence electrons. The van der Waals surface area contributed by atoms with Gasteiger partial charge in [-0.25, -0.2) is 0 Å². The van der Waals surface area contributed by atoms with Crippen LogP contribution in [0.4, 0.5) is 0 Å². The minimum atomic E-state index is -1.04. The zero-order valence-corrected chi connectivity index (χ0v) is 13.5. The largest absolute Gasteiger partial charge is 0.462 e. The van der Waals surface area contributed by atoms with Crippen molar-refractivity contribution in [1.29, 1.82) is 0 Å². The van der Waals surface area contributed by atoms with Crippen molar-refractivity contribution in [2.75, 3.05) is 6.61 Å². The van der Waals surface area contributed by atoms with Gasteiger partial charge in [0.05, 0.1) is 0 Å². The van der Waals surface area contributed by atoms with Crippen LogP contribution in [0.3, 0.4) is 0 Å². The maximum atomic E-state index is 11.2. The van der Waals surface area contributed by atoms with Gasteiger partial charge in [0.25, 0.3) is 0 Å². The third kappa shape index (κ3) is 9.99. The van der Waals surface area contributed by atoms with Crippen LogP contribution in [0.1, 0.15) is 34.1 Å². The van der Waals surface area contributed by atoms with Crippen molar-refractivity contribution < 1.29 is 33.5 Å². The molecule has 23 heavy (non-hydrogen) atoms. The van der Waals surface area contributed by atoms with Gasteiger partial charge in [-0.2, -0.15) is 0 Å². The molecule has 0 N–H and O–H groups in total. The van der Waals surface area contributed by atoms with Crippen LogP contribution in [0.15, 0.2) is 12.2 Å². The predicted octanol–water partition coefficient (Wildman–Crippen LogP) is 1.02. The first-order valence-corrected chi connectivity index (χ1v) is 6.91. The molecule has 0 saturated carbocycles. The Balaban J connectivity index is 5.05. The molecule has 1 unspecified atom stereocenters. The average molecular weight is 331 g/mol. The second kappa shape index (κ2) is 10.3. The number of hydrogen-bond acceptors (Lipinski definition) is 8. The van der Waals surface area contributed by atoms with Crippen molar-refractivity contribution in [2.24, 2.45) is 0 Å². The minimum absolute atomic E-state index is 0.102. The van der Waals surface area contributed by atoms with E-state index < -0.39 is 41.1 Å². The van der Waals surface area contributed by atoms with E-state index in [9.17, 15) is 24.5 Å². The Labute approximate surface area is 133 Å². The number of ether oxygens (including phenoxy) is 3. The van der Waals surface area contributed by atoms with Gasteiger partial charge in [-0.1, -0.05) is 6.08 Å². The van der Waals surface area contributed by atoms with Crippen LogP contribution >= 0.6 is 0 Å². The molecule has 9 heteroatoms. The first-order chi connectivity index (χ1) is 10.6. The van der Waals surface area contributed by atoms with E-state index in [0.29, 0.717) is 0 Å². The minimum Gasteiger partial charge on any atom is -0.462 e. The quantitative estimate of drug-likeness (QED) is 0.202. The van der Waals surface area contributed by atoms with E-state index in [2.05, 4.69) is 0 Å². The normalized spacial score (nSPS) is 14.6. The molecular formula is C14H21NO8. The summed E-state index contributed by atoms with van der Waals surface area (Å²) in [5.74, 6) is -1.87. The van der Waals surface area contributed by atoms with Crippen molar-refractivity contribution in [2.45, 2.75) is 52.4 Å². The molecule has 0 saturated heterocycles. The summed E-state index contributed by atoms with van der Waals surface area (Å²) in [5.41, 5.74) is 0. The van der Waals surface area contributed by atoms with Crippen LogP contribution < -0.4 is 0 Å². The van der Waals surface area contributed by atoms with E-state index in [1.165, 1.54) is 26.0 Å². The highest BCUT2D eigenvalue weighted by Gasteiger charge is 2.26. The Kier molecular flexibility index (Phi) is 9.21. The van der Waals surface area contributed by atoms with Crippen LogP contribution in [-0.2, 0) is 28.6 Å². The van der Waals surface area contributed by atoms with E-state index >= 15 is 0 Å². The molecule has 0 spiro atoms. The highest BCUT2D eigenvalue weighted by molar-refractivity contribution is 5.68. The van der Waals surface area contributed by atoms with E-state index in [1.54, 1.807) is 0 Å². The number of rotatable bonds is 9. The maximum Gasteiger partial charge on any atom is 0.303 e. The third-order valence-electron chi connectivity index (χ3n) is 2.60. The summed E-state index contributed by atoms with van der Waals surface area (Å²) in [7, 11) is 0. The molecule has 0 fully saturated rings. The fraction of sp³-hybridized carbons (Fsp3) is 0.643. The first kappa shape index (κ1) is 20.6. The average Bonchev–Trinajstić information content (AvgIpc) is 2.41. The molecule has 0 rings (SSSR count). The van der Waals surface area contributed by atoms with E-state index in [0.717, 1.165) is 13.8 Å². The predicted molar refractivity (Wildman–Crippen MR) is 78.0 cm³/mol. The fourth-order valence-electron chi connectivity index (χ4n) is 1.54. The highest BCUT2D eigenvalue weighted by atomic mass is 16.6. The van der Waals surface area contributed by atoms with Crippen LogP contribution in [0.2, 0.25) is 0 Å². The molecular weight excluding hydrogens is 310 g/mol. The van der Waals surface area contributed by atoms with Crippen molar-refractivity contribution in [3.05, 3.63) is 22.3 Å². The SMILES string of the molecule is CC(=O)OC[C@@H](OC(C)=O)[C@@H](/C=C/CC(C)[N+](=O)[O-])OC(C)=O. The molecule has 3 atom stereocenters. The number of carbonyl (C=O) groups excluding carboxylic acids is 3. The monoisotopic (exact) mass is 331 g/mol. The lowest BCUT2D eigenvalue weighted by Gasteiger charge is -2.23. The Morgan fingerprint density at radius 1 is 1.09 bits per heavy atom. The van der Waals surface area contributed by atoms with Gasteiger partial charge in [-0.3, -0.25) is 24.5 Å². The van der Waals surface area contributed by atoms with E-state index in [4.69, 9.17) is 14.2 Å². The molecule has 0 aliphatic carbocycles.